The van der Waals surface area contributed by atoms with E-state index in [2.05, 4.69) is 4.99 Å². The summed E-state index contributed by atoms with van der Waals surface area (Å²) in [7, 11) is 0. The smallest absolute Gasteiger partial charge is 0.350 e. The molecule has 0 spiro atoms. The second-order valence-corrected chi connectivity index (χ2v) is 6.95. The Kier molecular flexibility index (Phi) is 5.66. The SMILES string of the molecule is CCOC(=O)c1sc(=NC(=O)c2ccccc2)n(-c2ccc(C)cc2)c1C. The van der Waals surface area contributed by atoms with Gasteiger partial charge < -0.3 is 4.74 Å². The van der Waals surface area contributed by atoms with Gasteiger partial charge in [0.2, 0.25) is 0 Å². The number of hydrogen-bond donors (Lipinski definition) is 0. The third-order valence-corrected chi connectivity index (χ3v) is 5.14. The molecule has 0 aliphatic carbocycles. The van der Waals surface area contributed by atoms with Crippen LogP contribution in [0.5, 0.6) is 0 Å². The molecule has 5 nitrogen and oxygen atoms in total. The maximum Gasteiger partial charge on any atom is 0.350 e. The molecule has 1 heterocycles. The molecule has 0 saturated heterocycles. The van der Waals surface area contributed by atoms with E-state index < -0.39 is 5.97 Å². The molecule has 0 unspecified atom stereocenters. The van der Waals surface area contributed by atoms with Gasteiger partial charge in [0, 0.05) is 16.9 Å². The molecular weight excluding hydrogens is 360 g/mol. The number of thiazole rings is 1. The van der Waals surface area contributed by atoms with Gasteiger partial charge in [0.15, 0.2) is 4.80 Å². The summed E-state index contributed by atoms with van der Waals surface area (Å²) in [4.78, 5) is 30.1. The summed E-state index contributed by atoms with van der Waals surface area (Å²) in [6.45, 7) is 5.88. The van der Waals surface area contributed by atoms with Crippen LogP contribution in [-0.4, -0.2) is 23.1 Å². The Bertz CT molecular complexity index is 1030. The van der Waals surface area contributed by atoms with Gasteiger partial charge in [-0.1, -0.05) is 47.2 Å². The number of rotatable bonds is 4. The van der Waals surface area contributed by atoms with Crippen LogP contribution in [-0.2, 0) is 4.74 Å². The average Bonchev–Trinajstić information content (AvgIpc) is 2.99. The van der Waals surface area contributed by atoms with Gasteiger partial charge in [-0.05, 0) is 45.0 Å². The zero-order valence-electron chi connectivity index (χ0n) is 15.4. The van der Waals surface area contributed by atoms with Crippen LogP contribution in [0.15, 0.2) is 59.6 Å². The minimum absolute atomic E-state index is 0.288. The lowest BCUT2D eigenvalue weighted by molar-refractivity contribution is 0.0530. The van der Waals surface area contributed by atoms with Crippen LogP contribution in [0.25, 0.3) is 5.69 Å². The van der Waals surface area contributed by atoms with Gasteiger partial charge >= 0.3 is 5.97 Å². The maximum absolute atomic E-state index is 12.6. The predicted octanol–water partition coefficient (Wildman–Crippen LogP) is 4.07. The summed E-state index contributed by atoms with van der Waals surface area (Å²) in [5.41, 5.74) is 3.15. The van der Waals surface area contributed by atoms with Crippen molar-refractivity contribution in [1.29, 1.82) is 0 Å². The second kappa shape index (κ2) is 8.14. The van der Waals surface area contributed by atoms with Crippen LogP contribution >= 0.6 is 11.3 Å². The monoisotopic (exact) mass is 380 g/mol. The van der Waals surface area contributed by atoms with Crippen molar-refractivity contribution in [2.24, 2.45) is 4.99 Å². The molecule has 27 heavy (non-hydrogen) atoms. The Morgan fingerprint density at radius 2 is 1.70 bits per heavy atom. The van der Waals surface area contributed by atoms with E-state index in [1.165, 1.54) is 0 Å². The molecule has 138 valence electrons. The number of hydrogen-bond acceptors (Lipinski definition) is 4. The van der Waals surface area contributed by atoms with Crippen molar-refractivity contribution in [3.8, 4) is 5.69 Å². The summed E-state index contributed by atoms with van der Waals surface area (Å²) in [6.07, 6.45) is 0. The van der Waals surface area contributed by atoms with Crippen LogP contribution in [0.4, 0.5) is 0 Å². The Hall–Kier alpha value is -2.99. The number of carbonyl (C=O) groups is 2. The predicted molar refractivity (Wildman–Crippen MR) is 105 cm³/mol. The van der Waals surface area contributed by atoms with Crippen molar-refractivity contribution in [3.63, 3.8) is 0 Å². The molecule has 1 aromatic heterocycles. The highest BCUT2D eigenvalue weighted by atomic mass is 32.1. The zero-order valence-corrected chi connectivity index (χ0v) is 16.2. The van der Waals surface area contributed by atoms with Crippen LogP contribution in [0.2, 0.25) is 0 Å². The third kappa shape index (κ3) is 4.06. The number of aromatic nitrogens is 1. The van der Waals surface area contributed by atoms with E-state index in [1.54, 1.807) is 31.2 Å². The molecule has 3 aromatic rings. The molecule has 0 aliphatic rings. The van der Waals surface area contributed by atoms with Crippen LogP contribution in [0.1, 0.15) is 38.2 Å². The molecule has 0 saturated carbocycles. The largest absolute Gasteiger partial charge is 0.462 e. The molecule has 0 aliphatic heterocycles. The first-order chi connectivity index (χ1) is 13.0. The molecular formula is C21H20N2O3S. The normalized spacial score (nSPS) is 11.4. The Morgan fingerprint density at radius 1 is 1.04 bits per heavy atom. The van der Waals surface area contributed by atoms with E-state index in [9.17, 15) is 9.59 Å². The number of amides is 1. The fourth-order valence-electron chi connectivity index (χ4n) is 2.64. The zero-order chi connectivity index (χ0) is 19.4. The highest BCUT2D eigenvalue weighted by molar-refractivity contribution is 7.11. The number of ether oxygens (including phenoxy) is 1. The lowest BCUT2D eigenvalue weighted by Gasteiger charge is -2.07. The average molecular weight is 380 g/mol. The standard InChI is InChI=1S/C21H20N2O3S/c1-4-26-20(25)18-15(3)23(17-12-10-14(2)11-13-17)21(27-18)22-19(24)16-8-6-5-7-9-16/h5-13H,4H2,1-3H3. The third-order valence-electron chi connectivity index (χ3n) is 4.02. The number of aryl methyl sites for hydroxylation is 1. The van der Waals surface area contributed by atoms with Gasteiger partial charge in [-0.2, -0.15) is 4.99 Å². The molecule has 0 radical (unpaired) electrons. The van der Waals surface area contributed by atoms with Crippen molar-refractivity contribution in [3.05, 3.63) is 81.1 Å². The molecule has 6 heteroatoms. The topological polar surface area (TPSA) is 60.7 Å². The van der Waals surface area contributed by atoms with Gasteiger partial charge in [0.05, 0.1) is 6.61 Å². The Labute approximate surface area is 161 Å². The summed E-state index contributed by atoms with van der Waals surface area (Å²) < 4.78 is 6.97. The molecule has 2 aromatic carbocycles. The maximum atomic E-state index is 12.6. The van der Waals surface area contributed by atoms with Crippen LogP contribution in [0, 0.1) is 13.8 Å². The van der Waals surface area contributed by atoms with Crippen LogP contribution < -0.4 is 4.80 Å². The minimum atomic E-state index is -0.408. The molecule has 0 fully saturated rings. The highest BCUT2D eigenvalue weighted by Crippen LogP contribution is 2.19. The van der Waals surface area contributed by atoms with Gasteiger partial charge in [-0.3, -0.25) is 9.36 Å². The van der Waals surface area contributed by atoms with E-state index in [4.69, 9.17) is 4.74 Å². The van der Waals surface area contributed by atoms with Crippen molar-refractivity contribution < 1.29 is 14.3 Å². The first-order valence-electron chi connectivity index (χ1n) is 8.62. The summed E-state index contributed by atoms with van der Waals surface area (Å²) in [6, 6.07) is 16.7. The lowest BCUT2D eigenvalue weighted by Crippen LogP contribution is -2.16. The number of carbonyl (C=O) groups excluding carboxylic acids is 2. The fourth-order valence-corrected chi connectivity index (χ4v) is 3.67. The van der Waals surface area contributed by atoms with E-state index in [1.807, 2.05) is 48.7 Å². The van der Waals surface area contributed by atoms with Crippen molar-refractivity contribution >= 4 is 23.2 Å². The lowest BCUT2D eigenvalue weighted by atomic mass is 10.2. The van der Waals surface area contributed by atoms with Crippen molar-refractivity contribution in [1.82, 2.24) is 4.57 Å². The number of nitrogens with zero attached hydrogens (tertiary/aromatic N) is 2. The molecule has 3 rings (SSSR count). The quantitative estimate of drug-likeness (QED) is 0.641. The van der Waals surface area contributed by atoms with Crippen molar-refractivity contribution in [2.45, 2.75) is 20.8 Å². The van der Waals surface area contributed by atoms with E-state index >= 15 is 0 Å². The number of esters is 1. The highest BCUT2D eigenvalue weighted by Gasteiger charge is 2.19. The van der Waals surface area contributed by atoms with Crippen molar-refractivity contribution in [2.75, 3.05) is 6.61 Å². The van der Waals surface area contributed by atoms with E-state index in [0.29, 0.717) is 20.9 Å². The molecule has 0 bridgehead atoms. The van der Waals surface area contributed by atoms with E-state index in [-0.39, 0.29) is 12.5 Å². The first kappa shape index (κ1) is 18.8. The summed E-state index contributed by atoms with van der Waals surface area (Å²) >= 11 is 1.16. The summed E-state index contributed by atoms with van der Waals surface area (Å²) in [5.74, 6) is -0.761. The van der Waals surface area contributed by atoms with Gasteiger partial charge in [0.25, 0.3) is 5.91 Å². The Morgan fingerprint density at radius 3 is 2.33 bits per heavy atom. The number of benzene rings is 2. The van der Waals surface area contributed by atoms with E-state index in [0.717, 1.165) is 22.6 Å². The molecule has 0 atom stereocenters. The molecule has 1 amide bonds. The van der Waals surface area contributed by atoms with Gasteiger partial charge in [-0.15, -0.1) is 0 Å². The van der Waals surface area contributed by atoms with Crippen LogP contribution in [0.3, 0.4) is 0 Å². The Balaban J connectivity index is 2.18. The van der Waals surface area contributed by atoms with Gasteiger partial charge in [0.1, 0.15) is 4.88 Å². The summed E-state index contributed by atoms with van der Waals surface area (Å²) in [5, 5.41) is 0. The minimum Gasteiger partial charge on any atom is -0.462 e. The fraction of sp³-hybridized carbons (Fsp3) is 0.190. The second-order valence-electron chi connectivity index (χ2n) is 5.97. The van der Waals surface area contributed by atoms with Gasteiger partial charge in [-0.25, -0.2) is 4.79 Å². The first-order valence-corrected chi connectivity index (χ1v) is 9.43. The molecule has 0 N–H and O–H groups in total.